The van der Waals surface area contributed by atoms with Gasteiger partial charge in [-0.2, -0.15) is 0 Å². The molecule has 0 unspecified atom stereocenters. The molecule has 17 heavy (non-hydrogen) atoms. The molecule has 1 fully saturated rings. The lowest BCUT2D eigenvalue weighted by atomic mass is 10.1. The lowest BCUT2D eigenvalue weighted by molar-refractivity contribution is 0.724. The van der Waals surface area contributed by atoms with Crippen molar-refractivity contribution in [1.82, 2.24) is 0 Å². The van der Waals surface area contributed by atoms with E-state index in [9.17, 15) is 0 Å². The van der Waals surface area contributed by atoms with Gasteiger partial charge in [-0.15, -0.1) is 0 Å². The van der Waals surface area contributed by atoms with Crippen LogP contribution in [0.3, 0.4) is 0 Å². The number of rotatable bonds is 1. The third kappa shape index (κ3) is 2.96. The van der Waals surface area contributed by atoms with Crippen LogP contribution in [0, 0.1) is 6.92 Å². The molecule has 0 aliphatic heterocycles. The second-order valence-corrected chi connectivity index (χ2v) is 4.60. The largest absolute Gasteiger partial charge is 0.404 e. The van der Waals surface area contributed by atoms with Crippen LogP contribution < -0.4 is 5.73 Å². The molecule has 0 radical (unpaired) electrons. The Kier molecular flexibility index (Phi) is 3.97. The zero-order valence-electron chi connectivity index (χ0n) is 10.4. The first-order valence-corrected chi connectivity index (χ1v) is 6.35. The molecule has 2 nitrogen and oxygen atoms in total. The van der Waals surface area contributed by atoms with Crippen LogP contribution >= 0.6 is 0 Å². The Morgan fingerprint density at radius 1 is 1.12 bits per heavy atom. The van der Waals surface area contributed by atoms with Crippen LogP contribution in [0.4, 0.5) is 5.69 Å². The summed E-state index contributed by atoms with van der Waals surface area (Å²) in [4.78, 5) is 4.80. The molecule has 0 amide bonds. The van der Waals surface area contributed by atoms with Crippen LogP contribution in [0.5, 0.6) is 0 Å². The van der Waals surface area contributed by atoms with Gasteiger partial charge in [0.2, 0.25) is 0 Å². The lowest BCUT2D eigenvalue weighted by Gasteiger charge is -2.07. The molecule has 0 bridgehead atoms. The fourth-order valence-electron chi connectivity index (χ4n) is 2.23. The fraction of sp³-hybridized carbons (Fsp3) is 0.400. The van der Waals surface area contributed by atoms with E-state index in [4.69, 9.17) is 10.7 Å². The zero-order chi connectivity index (χ0) is 12.1. The SMILES string of the molecule is Cc1ccccc1N=C1CCCCCC1=CN. The molecule has 2 heteroatoms. The number of allylic oxidation sites excluding steroid dienone is 1. The molecule has 1 saturated carbocycles. The number of hydrogen-bond acceptors (Lipinski definition) is 2. The summed E-state index contributed by atoms with van der Waals surface area (Å²) < 4.78 is 0. The van der Waals surface area contributed by atoms with E-state index in [-0.39, 0.29) is 0 Å². The highest BCUT2D eigenvalue weighted by molar-refractivity contribution is 6.01. The van der Waals surface area contributed by atoms with Crippen LogP contribution in [0.1, 0.15) is 37.7 Å². The van der Waals surface area contributed by atoms with Crippen molar-refractivity contribution in [3.63, 3.8) is 0 Å². The van der Waals surface area contributed by atoms with Crippen molar-refractivity contribution in [3.8, 4) is 0 Å². The molecule has 0 atom stereocenters. The van der Waals surface area contributed by atoms with Gasteiger partial charge in [0.1, 0.15) is 0 Å². The Hall–Kier alpha value is -1.57. The Morgan fingerprint density at radius 3 is 2.65 bits per heavy atom. The van der Waals surface area contributed by atoms with Gasteiger partial charge in [-0.25, -0.2) is 0 Å². The van der Waals surface area contributed by atoms with Gasteiger partial charge in [-0.1, -0.05) is 24.6 Å². The van der Waals surface area contributed by atoms with Crippen LogP contribution in [0.2, 0.25) is 0 Å². The molecule has 1 aliphatic carbocycles. The second-order valence-electron chi connectivity index (χ2n) is 4.60. The van der Waals surface area contributed by atoms with Gasteiger partial charge >= 0.3 is 0 Å². The number of para-hydroxylation sites is 1. The Bertz CT molecular complexity index is 444. The molecular weight excluding hydrogens is 208 g/mol. The van der Waals surface area contributed by atoms with Crippen molar-refractivity contribution in [3.05, 3.63) is 41.6 Å². The van der Waals surface area contributed by atoms with Gasteiger partial charge in [0.15, 0.2) is 0 Å². The van der Waals surface area contributed by atoms with Crippen LogP contribution in [0.15, 0.2) is 41.0 Å². The van der Waals surface area contributed by atoms with Crippen molar-refractivity contribution in [2.24, 2.45) is 10.7 Å². The summed E-state index contributed by atoms with van der Waals surface area (Å²) in [6.45, 7) is 2.10. The van der Waals surface area contributed by atoms with Gasteiger partial charge in [0.05, 0.1) is 5.69 Å². The second kappa shape index (κ2) is 5.67. The molecular formula is C15H20N2. The van der Waals surface area contributed by atoms with Crippen molar-refractivity contribution in [1.29, 1.82) is 0 Å². The first-order valence-electron chi connectivity index (χ1n) is 6.35. The average molecular weight is 228 g/mol. The smallest absolute Gasteiger partial charge is 0.0662 e. The quantitative estimate of drug-likeness (QED) is 0.728. The summed E-state index contributed by atoms with van der Waals surface area (Å²) >= 11 is 0. The fourth-order valence-corrected chi connectivity index (χ4v) is 2.23. The minimum absolute atomic E-state index is 1.05. The van der Waals surface area contributed by atoms with Crippen molar-refractivity contribution >= 4 is 11.4 Å². The third-order valence-corrected chi connectivity index (χ3v) is 3.30. The highest BCUT2D eigenvalue weighted by Crippen LogP contribution is 2.24. The van der Waals surface area contributed by atoms with E-state index >= 15 is 0 Å². The number of aryl methyl sites for hydroxylation is 1. The summed E-state index contributed by atoms with van der Waals surface area (Å²) in [5, 5.41) is 0. The van der Waals surface area contributed by atoms with Gasteiger partial charge in [-0.05, 0) is 56.0 Å². The van der Waals surface area contributed by atoms with E-state index in [2.05, 4.69) is 19.1 Å². The van der Waals surface area contributed by atoms with Gasteiger partial charge in [0.25, 0.3) is 0 Å². The maximum absolute atomic E-state index is 5.71. The molecule has 2 rings (SSSR count). The summed E-state index contributed by atoms with van der Waals surface area (Å²) in [5.41, 5.74) is 10.4. The molecule has 1 aromatic carbocycles. The van der Waals surface area contributed by atoms with E-state index in [1.165, 1.54) is 36.1 Å². The normalized spacial score (nSPS) is 21.7. The molecule has 0 spiro atoms. The number of benzene rings is 1. The van der Waals surface area contributed by atoms with Crippen LogP contribution in [-0.2, 0) is 0 Å². The minimum Gasteiger partial charge on any atom is -0.404 e. The van der Waals surface area contributed by atoms with Crippen LogP contribution in [0.25, 0.3) is 0 Å². The molecule has 1 aromatic rings. The van der Waals surface area contributed by atoms with E-state index < -0.39 is 0 Å². The number of nitrogens with zero attached hydrogens (tertiary/aromatic N) is 1. The number of aliphatic imine (C=N–C) groups is 1. The Morgan fingerprint density at radius 2 is 1.88 bits per heavy atom. The van der Waals surface area contributed by atoms with E-state index in [1.807, 2.05) is 12.1 Å². The van der Waals surface area contributed by atoms with E-state index in [0.29, 0.717) is 0 Å². The topological polar surface area (TPSA) is 38.4 Å². The Labute approximate surface area is 103 Å². The molecule has 1 aliphatic rings. The molecule has 90 valence electrons. The monoisotopic (exact) mass is 228 g/mol. The predicted octanol–water partition coefficient (Wildman–Crippen LogP) is 3.87. The van der Waals surface area contributed by atoms with E-state index in [0.717, 1.165) is 18.5 Å². The minimum atomic E-state index is 1.05. The molecule has 2 N–H and O–H groups in total. The molecule has 0 aromatic heterocycles. The first kappa shape index (κ1) is 11.9. The van der Waals surface area contributed by atoms with Crippen molar-refractivity contribution in [2.75, 3.05) is 0 Å². The highest BCUT2D eigenvalue weighted by atomic mass is 14.8. The molecule has 0 saturated heterocycles. The summed E-state index contributed by atoms with van der Waals surface area (Å²) in [6.07, 6.45) is 7.60. The van der Waals surface area contributed by atoms with Gasteiger partial charge in [-0.3, -0.25) is 4.99 Å². The maximum atomic E-state index is 5.71. The van der Waals surface area contributed by atoms with Crippen molar-refractivity contribution < 1.29 is 0 Å². The highest BCUT2D eigenvalue weighted by Gasteiger charge is 2.11. The summed E-state index contributed by atoms with van der Waals surface area (Å²) in [5.74, 6) is 0. The maximum Gasteiger partial charge on any atom is 0.0662 e. The molecule has 0 heterocycles. The number of nitrogens with two attached hydrogens (primary N) is 1. The van der Waals surface area contributed by atoms with E-state index in [1.54, 1.807) is 6.20 Å². The predicted molar refractivity (Wildman–Crippen MR) is 73.6 cm³/mol. The lowest BCUT2D eigenvalue weighted by Crippen LogP contribution is -2.03. The van der Waals surface area contributed by atoms with Gasteiger partial charge in [0, 0.05) is 5.71 Å². The summed E-state index contributed by atoms with van der Waals surface area (Å²) in [7, 11) is 0. The third-order valence-electron chi connectivity index (χ3n) is 3.30. The number of hydrogen-bond donors (Lipinski definition) is 1. The first-order chi connectivity index (χ1) is 8.31. The Balaban J connectivity index is 2.33. The zero-order valence-corrected chi connectivity index (χ0v) is 10.4. The summed E-state index contributed by atoms with van der Waals surface area (Å²) in [6, 6.07) is 8.25. The standard InChI is InChI=1S/C15H20N2/c1-12-7-5-6-9-14(12)17-15-10-4-2-3-8-13(15)11-16/h5-7,9,11H,2-4,8,10,16H2,1H3. The average Bonchev–Trinajstić information content (AvgIpc) is 2.57. The van der Waals surface area contributed by atoms with Gasteiger partial charge < -0.3 is 5.73 Å². The van der Waals surface area contributed by atoms with Crippen molar-refractivity contribution in [2.45, 2.75) is 39.0 Å². The van der Waals surface area contributed by atoms with Crippen LogP contribution in [-0.4, -0.2) is 5.71 Å².